The van der Waals surface area contributed by atoms with E-state index in [-0.39, 0.29) is 44.9 Å². The second kappa shape index (κ2) is 35.5. The molecule has 4 fully saturated rings. The number of H-pyrrole nitrogens is 4. The Morgan fingerprint density at radius 2 is 0.651 bits per heavy atom. The molecule has 4 aliphatic heterocycles. The molecule has 20 rings (SSSR count). The van der Waals surface area contributed by atoms with Crippen LogP contribution in [-0.2, 0) is 12.8 Å². The minimum atomic E-state index is -0.612. The van der Waals surface area contributed by atoms with Gasteiger partial charge >= 0.3 is 0 Å². The Hall–Kier alpha value is -14.3. The van der Waals surface area contributed by atoms with Crippen LogP contribution in [0.3, 0.4) is 0 Å². The number of anilines is 4. The molecule has 662 valence electrons. The number of primary amides is 4. The first-order valence-corrected chi connectivity index (χ1v) is 43.9. The summed E-state index contributed by atoms with van der Waals surface area (Å²) in [6, 6.07) is 58.1. The summed E-state index contributed by atoms with van der Waals surface area (Å²) in [6.07, 6.45) is 9.28. The molecular weight excluding hydrogens is 1620 g/mol. The Morgan fingerprint density at radius 1 is 0.341 bits per heavy atom. The van der Waals surface area contributed by atoms with Crippen LogP contribution in [0.1, 0.15) is 128 Å². The van der Waals surface area contributed by atoms with E-state index in [1.807, 2.05) is 147 Å². The average Bonchev–Trinajstić information content (AvgIpc) is 1.63. The zero-order valence-electron chi connectivity index (χ0n) is 74.6. The zero-order chi connectivity index (χ0) is 90.4. The maximum absolute atomic E-state index is 12.3. The molecule has 0 aliphatic carbocycles. The first-order valence-electron chi connectivity index (χ1n) is 43.9. The number of nitrogens with one attached hydrogen (secondary N) is 8. The molecule has 8 aromatic carbocycles. The maximum Gasteiger partial charge on any atom is 0.271 e. The Kier molecular flexibility index (Phi) is 23.9. The summed E-state index contributed by atoms with van der Waals surface area (Å²) < 4.78 is 24.6. The van der Waals surface area contributed by atoms with Crippen molar-refractivity contribution in [2.45, 2.75) is 111 Å². The molecule has 16 N–H and O–H groups in total. The van der Waals surface area contributed by atoms with Gasteiger partial charge in [-0.2, -0.15) is 0 Å². The van der Waals surface area contributed by atoms with E-state index in [1.54, 1.807) is 0 Å². The molecule has 12 heterocycles. The van der Waals surface area contributed by atoms with Crippen molar-refractivity contribution in [3.05, 3.63) is 240 Å². The highest BCUT2D eigenvalue weighted by atomic mass is 16.4. The number of fused-ring (bicyclic) bond motifs is 4. The summed E-state index contributed by atoms with van der Waals surface area (Å²) in [6.45, 7) is 35.1. The molecule has 0 atom stereocenters. The molecule has 0 bridgehead atoms. The summed E-state index contributed by atoms with van der Waals surface area (Å²) >= 11 is 0. The topological polar surface area (TPSA) is 401 Å². The minimum Gasteiger partial charge on any atom is -0.435 e. The first-order chi connectivity index (χ1) is 62.0. The van der Waals surface area contributed by atoms with E-state index in [9.17, 15) is 19.2 Å². The molecule has 0 unspecified atom stereocenters. The van der Waals surface area contributed by atoms with E-state index in [1.165, 1.54) is 5.56 Å². The van der Waals surface area contributed by atoms with Gasteiger partial charge in [0.25, 0.3) is 23.6 Å². The van der Waals surface area contributed by atoms with Gasteiger partial charge in [-0.3, -0.25) is 19.2 Å². The van der Waals surface area contributed by atoms with Crippen molar-refractivity contribution in [2.75, 3.05) is 98.1 Å². The predicted octanol–water partition coefficient (Wildman–Crippen LogP) is 16.5. The fourth-order valence-electron chi connectivity index (χ4n) is 18.1. The van der Waals surface area contributed by atoms with Gasteiger partial charge in [-0.25, -0.2) is 19.9 Å². The van der Waals surface area contributed by atoms with Crippen LogP contribution in [0.2, 0.25) is 0 Å². The number of rotatable bonds is 18. The average molecular weight is 1730 g/mol. The minimum absolute atomic E-state index is 0.0616. The number of nitrogens with two attached hydrogens (primary N) is 4. The molecule has 28 heteroatoms. The highest BCUT2D eigenvalue weighted by molar-refractivity contribution is 6.04. The van der Waals surface area contributed by atoms with E-state index in [2.05, 4.69) is 211 Å². The lowest BCUT2D eigenvalue weighted by Gasteiger charge is -2.40. The summed E-state index contributed by atoms with van der Waals surface area (Å²) in [5.74, 6) is 0.703. The number of hydrogen-bond acceptors (Lipinski definition) is 20. The number of aromatic nitrogens is 8. The van der Waals surface area contributed by atoms with Crippen molar-refractivity contribution in [1.29, 1.82) is 0 Å². The lowest BCUT2D eigenvalue weighted by Crippen LogP contribution is -2.57. The normalized spacial score (nSPS) is 15.9. The number of aryl methyl sites for hydroxylation is 3. The molecule has 4 amide bonds. The van der Waals surface area contributed by atoms with Crippen molar-refractivity contribution >= 4 is 90.0 Å². The van der Waals surface area contributed by atoms with Crippen molar-refractivity contribution in [1.82, 2.24) is 61.1 Å². The van der Waals surface area contributed by atoms with Crippen LogP contribution < -0.4 is 63.8 Å². The molecule has 129 heavy (non-hydrogen) atoms. The summed E-state index contributed by atoms with van der Waals surface area (Å²) in [4.78, 5) is 89.1. The number of nitrogens with zero attached hydrogens (tertiary/aromatic N) is 8. The Bertz CT molecular complexity index is 6810. The molecule has 0 radical (unpaired) electrons. The molecule has 8 aromatic heterocycles. The van der Waals surface area contributed by atoms with Gasteiger partial charge in [-0.15, -0.1) is 0 Å². The number of amides is 4. The lowest BCUT2D eigenvalue weighted by atomic mass is 10.0. The number of oxazole rings is 4. The zero-order valence-corrected chi connectivity index (χ0v) is 74.6. The monoisotopic (exact) mass is 1730 g/mol. The fourth-order valence-corrected chi connectivity index (χ4v) is 18.1. The van der Waals surface area contributed by atoms with Gasteiger partial charge < -0.3 is 101 Å². The second-order valence-corrected chi connectivity index (χ2v) is 36.1. The lowest BCUT2D eigenvalue weighted by molar-refractivity contribution is 0.0988. The third-order valence-corrected chi connectivity index (χ3v) is 24.5. The molecular formula is C101H110N20O8. The van der Waals surface area contributed by atoms with Crippen LogP contribution in [0, 0.1) is 6.92 Å². The van der Waals surface area contributed by atoms with Gasteiger partial charge in [0.15, 0.2) is 45.8 Å². The standard InChI is InChI=1S/2C26H29N5O2.C25H27N5O2.C24H25N5O2/c1-4-16-7-10-20-19(11-12-28-20)21(16)25-30-22(24(27)32)23(33-25)17-5-8-18(9-6-17)31-14-13-29-26(2,3)15-31;1-4-16-7-10-20(19-11-12-28-21(16)19)25-30-22(24(27)32)23(33-25)17-5-8-18(9-6-17)31-14-13-29-26(2,3)15-31;1-15-4-9-19(18-10-11-27-20(15)18)24-29-21(23(26)31)22(32-24)16-5-7-17(8-6-16)30-13-12-28-25(2,3)14-30;1-24(2)14-29(13-12-27-24)16-8-6-15(7-9-16)21-20(22(25)30)28-23(31-21)18-4-3-5-19-17(18)10-11-26-19/h2*5-12,28-29H,4,13-15H2,1-3H3,(H2,27,32);4-11,27-28H,12-14H2,1-3H3,(H2,26,31);3-11,26-27H,12-14H2,1-2H3,(H2,25,30). The number of hydrogen-bond donors (Lipinski definition) is 12. The largest absolute Gasteiger partial charge is 0.435 e. The van der Waals surface area contributed by atoms with E-state index < -0.39 is 23.6 Å². The molecule has 0 saturated carbocycles. The van der Waals surface area contributed by atoms with E-state index in [0.29, 0.717) is 46.6 Å². The molecule has 16 aromatic rings. The number of benzene rings is 8. The number of aromatic amines is 4. The highest BCUT2D eigenvalue weighted by Crippen LogP contribution is 2.42. The van der Waals surface area contributed by atoms with Crippen LogP contribution in [0.4, 0.5) is 22.7 Å². The first kappa shape index (κ1) is 86.8. The van der Waals surface area contributed by atoms with Crippen molar-refractivity contribution < 1.29 is 36.8 Å². The number of piperazine rings is 4. The maximum atomic E-state index is 12.3. The van der Waals surface area contributed by atoms with Crippen LogP contribution in [0.15, 0.2) is 218 Å². The fraction of sp³-hybridized carbons (Fsp3) is 0.287. The Labute approximate surface area is 747 Å². The van der Waals surface area contributed by atoms with Crippen molar-refractivity contribution in [3.63, 3.8) is 0 Å². The smallest absolute Gasteiger partial charge is 0.271 e. The van der Waals surface area contributed by atoms with Gasteiger partial charge in [0.1, 0.15) is 0 Å². The van der Waals surface area contributed by atoms with E-state index in [0.717, 1.165) is 213 Å². The van der Waals surface area contributed by atoms with Crippen LogP contribution in [0.25, 0.3) is 135 Å². The number of carbonyl (C=O) groups excluding carboxylic acids is 4. The summed E-state index contributed by atoms with van der Waals surface area (Å²) in [5.41, 5.74) is 42.0. The van der Waals surface area contributed by atoms with E-state index >= 15 is 0 Å². The quantitative estimate of drug-likeness (QED) is 0.0380. The molecule has 4 aliphatic rings. The Balaban J connectivity index is 0.000000121. The van der Waals surface area contributed by atoms with Gasteiger partial charge in [-0.05, 0) is 244 Å². The molecule has 28 nitrogen and oxygen atoms in total. The summed E-state index contributed by atoms with van der Waals surface area (Å²) in [7, 11) is 0. The van der Waals surface area contributed by atoms with Crippen LogP contribution in [-0.4, -0.2) is 164 Å². The Morgan fingerprint density at radius 3 is 1.02 bits per heavy atom. The third-order valence-electron chi connectivity index (χ3n) is 24.5. The van der Waals surface area contributed by atoms with Gasteiger partial charge in [0, 0.05) is 236 Å². The van der Waals surface area contributed by atoms with Gasteiger partial charge in [-0.1, -0.05) is 38.1 Å². The molecule has 0 spiro atoms. The van der Waals surface area contributed by atoms with Crippen LogP contribution in [0.5, 0.6) is 0 Å². The predicted molar refractivity (Wildman–Crippen MR) is 512 cm³/mol. The van der Waals surface area contributed by atoms with Crippen molar-refractivity contribution in [2.24, 2.45) is 22.9 Å². The SMILES string of the molecule is CC1(C)CN(c2ccc(-c3oc(-c4cccc5[nH]ccc45)nc3C(N)=O)cc2)CCN1.CCc1ccc(-c2nc(C(N)=O)c(-c3ccc(N4CCNC(C)(C)C4)cc3)o2)c2cc[nH]c12.CCc1ccc2[nH]ccc2c1-c1nc(C(N)=O)c(-c2ccc(N3CCNC(C)(C)C3)cc2)o1.Cc1ccc(-c2nc(C(N)=O)c(-c3ccc(N4CCNC(C)(C)C4)cc3)o2)c2cc[nH]c12. The third kappa shape index (κ3) is 18.3. The second-order valence-electron chi connectivity index (χ2n) is 36.1. The molecule has 4 saturated heterocycles. The highest BCUT2D eigenvalue weighted by Gasteiger charge is 2.34. The summed E-state index contributed by atoms with van der Waals surface area (Å²) in [5, 5.41) is 18.1. The van der Waals surface area contributed by atoms with Crippen molar-refractivity contribution in [3.8, 4) is 91.1 Å². The van der Waals surface area contributed by atoms with Crippen LogP contribution >= 0.6 is 0 Å². The number of carbonyl (C=O) groups is 4. The van der Waals surface area contributed by atoms with Gasteiger partial charge in [0.2, 0.25) is 23.6 Å². The van der Waals surface area contributed by atoms with Gasteiger partial charge in [0.05, 0.1) is 0 Å². The van der Waals surface area contributed by atoms with E-state index in [4.69, 9.17) is 40.6 Å².